The molecule has 2 aliphatic heterocycles. The predicted octanol–water partition coefficient (Wildman–Crippen LogP) is 12.4. The number of nitrogens with zero attached hydrogens (tertiary/aromatic N) is 2. The molecular formula is C46H36N2. The minimum Gasteiger partial charge on any atom is -0.310 e. The van der Waals surface area contributed by atoms with Crippen molar-refractivity contribution in [1.82, 2.24) is 4.57 Å². The molecule has 0 bridgehead atoms. The molecule has 0 unspecified atom stereocenters. The van der Waals surface area contributed by atoms with Crippen LogP contribution in [0.2, 0.25) is 0 Å². The zero-order valence-electron chi connectivity index (χ0n) is 27.8. The number of hydrogen-bond donors (Lipinski definition) is 0. The Balaban J connectivity index is 1.24. The van der Waals surface area contributed by atoms with Gasteiger partial charge in [-0.2, -0.15) is 0 Å². The van der Waals surface area contributed by atoms with Gasteiger partial charge in [-0.05, 0) is 80.6 Å². The first kappa shape index (κ1) is 27.5. The molecule has 10 rings (SSSR count). The Morgan fingerprint density at radius 2 is 1.02 bits per heavy atom. The lowest BCUT2D eigenvalue weighted by Gasteiger charge is -2.42. The molecule has 2 aliphatic rings. The van der Waals surface area contributed by atoms with Gasteiger partial charge in [-0.15, -0.1) is 0 Å². The fourth-order valence-electron chi connectivity index (χ4n) is 8.89. The number of hydrogen-bond acceptors (Lipinski definition) is 1. The molecule has 2 heteroatoms. The van der Waals surface area contributed by atoms with Crippen molar-refractivity contribution >= 4 is 49.6 Å². The van der Waals surface area contributed by atoms with Crippen molar-refractivity contribution < 1.29 is 0 Å². The summed E-state index contributed by atoms with van der Waals surface area (Å²) in [5.74, 6) is 0. The molecule has 0 N–H and O–H groups in total. The summed E-state index contributed by atoms with van der Waals surface area (Å²) in [6.45, 7) is 9.62. The third-order valence-electron chi connectivity index (χ3n) is 11.3. The fraction of sp³-hybridized carbons (Fsp3) is 0.130. The first-order valence-corrected chi connectivity index (χ1v) is 17.0. The highest BCUT2D eigenvalue weighted by Gasteiger charge is 2.43. The molecule has 8 aromatic rings. The summed E-state index contributed by atoms with van der Waals surface area (Å²) >= 11 is 0. The molecule has 0 fully saturated rings. The first-order chi connectivity index (χ1) is 23.3. The first-order valence-electron chi connectivity index (χ1n) is 17.0. The summed E-state index contributed by atoms with van der Waals surface area (Å²) in [6, 6.07) is 54.0. The molecule has 7 aromatic carbocycles. The number of aromatic nitrogens is 1. The number of benzene rings is 7. The summed E-state index contributed by atoms with van der Waals surface area (Å²) in [5, 5.41) is 5.19. The molecule has 0 saturated heterocycles. The van der Waals surface area contributed by atoms with Crippen LogP contribution >= 0.6 is 0 Å². The van der Waals surface area contributed by atoms with E-state index in [2.05, 4.69) is 183 Å². The summed E-state index contributed by atoms with van der Waals surface area (Å²) in [6.07, 6.45) is 0. The quantitative estimate of drug-likeness (QED) is 0.191. The van der Waals surface area contributed by atoms with Crippen LogP contribution in [0.5, 0.6) is 0 Å². The lowest BCUT2D eigenvalue weighted by atomic mass is 9.68. The van der Waals surface area contributed by atoms with E-state index in [0.717, 1.165) is 11.4 Å². The van der Waals surface area contributed by atoms with Gasteiger partial charge in [0.15, 0.2) is 0 Å². The SMILES string of the molecule is CC1(C)c2cccc3c2-n2c4c1cccc4c1cc(N(c4ccccc4)c4ccc(-c5cccc6ccccc56)cc4)cc(c12)C3(C)C. The van der Waals surface area contributed by atoms with E-state index in [4.69, 9.17) is 0 Å². The van der Waals surface area contributed by atoms with Crippen LogP contribution in [-0.4, -0.2) is 4.57 Å². The summed E-state index contributed by atoms with van der Waals surface area (Å²) < 4.78 is 2.60. The molecular weight excluding hydrogens is 581 g/mol. The van der Waals surface area contributed by atoms with Gasteiger partial charge < -0.3 is 9.47 Å². The van der Waals surface area contributed by atoms with Crippen LogP contribution in [0.1, 0.15) is 49.9 Å². The van der Waals surface area contributed by atoms with Gasteiger partial charge in [0.1, 0.15) is 0 Å². The van der Waals surface area contributed by atoms with E-state index in [-0.39, 0.29) is 10.8 Å². The van der Waals surface area contributed by atoms with Crippen molar-refractivity contribution in [2.45, 2.75) is 38.5 Å². The maximum Gasteiger partial charge on any atom is 0.0583 e. The second-order valence-electron chi connectivity index (χ2n) is 14.6. The molecule has 1 aromatic heterocycles. The molecule has 0 atom stereocenters. The number of rotatable bonds is 4. The molecule has 0 aliphatic carbocycles. The van der Waals surface area contributed by atoms with Gasteiger partial charge in [0.2, 0.25) is 0 Å². The Bertz CT molecular complexity index is 2600. The standard InChI is InChI=1S/C46H36N2/c1-45(2)38-20-11-19-36-37-27-33(28-41-43(37)48(42(36)38)44-39(45)21-12-22-40(44)46(41,3)4)47(31-15-6-5-7-16-31)32-25-23-30(24-26-32)35-18-10-14-29-13-8-9-17-34(29)35/h5-28H,1-4H3. The highest BCUT2D eigenvalue weighted by atomic mass is 15.1. The number of fused-ring (bicyclic) bond motifs is 2. The van der Waals surface area contributed by atoms with E-state index >= 15 is 0 Å². The van der Waals surface area contributed by atoms with Crippen molar-refractivity contribution in [3.8, 4) is 16.8 Å². The van der Waals surface area contributed by atoms with E-state index in [1.165, 1.54) is 77.3 Å². The third-order valence-corrected chi connectivity index (χ3v) is 11.3. The Labute approximate surface area is 281 Å². The largest absolute Gasteiger partial charge is 0.310 e. The van der Waals surface area contributed by atoms with Crippen molar-refractivity contribution in [3.63, 3.8) is 0 Å². The lowest BCUT2D eigenvalue weighted by Crippen LogP contribution is -2.33. The third kappa shape index (κ3) is 3.52. The van der Waals surface area contributed by atoms with Crippen molar-refractivity contribution in [2.24, 2.45) is 0 Å². The van der Waals surface area contributed by atoms with Crippen LogP contribution in [0, 0.1) is 0 Å². The second-order valence-corrected chi connectivity index (χ2v) is 14.6. The van der Waals surface area contributed by atoms with Gasteiger partial charge >= 0.3 is 0 Å². The topological polar surface area (TPSA) is 8.17 Å². The average Bonchev–Trinajstić information content (AvgIpc) is 3.45. The molecule has 48 heavy (non-hydrogen) atoms. The van der Waals surface area contributed by atoms with Crippen molar-refractivity contribution in [2.75, 3.05) is 4.90 Å². The van der Waals surface area contributed by atoms with Crippen molar-refractivity contribution in [1.29, 1.82) is 0 Å². The van der Waals surface area contributed by atoms with Gasteiger partial charge in [0, 0.05) is 38.7 Å². The molecule has 0 saturated carbocycles. The monoisotopic (exact) mass is 616 g/mol. The highest BCUT2D eigenvalue weighted by Crippen LogP contribution is 2.56. The summed E-state index contributed by atoms with van der Waals surface area (Å²) in [5.41, 5.74) is 15.3. The summed E-state index contributed by atoms with van der Waals surface area (Å²) in [4.78, 5) is 2.43. The van der Waals surface area contributed by atoms with Crippen LogP contribution in [0.3, 0.4) is 0 Å². The van der Waals surface area contributed by atoms with Crippen LogP contribution in [-0.2, 0) is 10.8 Å². The van der Waals surface area contributed by atoms with Crippen LogP contribution < -0.4 is 4.90 Å². The number of anilines is 3. The molecule has 3 heterocycles. The van der Waals surface area contributed by atoms with Crippen LogP contribution in [0.15, 0.2) is 146 Å². The molecule has 0 radical (unpaired) electrons. The van der Waals surface area contributed by atoms with Gasteiger partial charge in [0.25, 0.3) is 0 Å². The molecule has 230 valence electrons. The van der Waals surface area contributed by atoms with Crippen molar-refractivity contribution in [3.05, 3.63) is 168 Å². The van der Waals surface area contributed by atoms with Gasteiger partial charge in [-0.3, -0.25) is 0 Å². The smallest absolute Gasteiger partial charge is 0.0583 e. The maximum absolute atomic E-state index is 2.60. The van der Waals surface area contributed by atoms with Crippen LogP contribution in [0.25, 0.3) is 49.4 Å². The summed E-state index contributed by atoms with van der Waals surface area (Å²) in [7, 11) is 0. The minimum absolute atomic E-state index is 0.0897. The normalized spacial score (nSPS) is 15.0. The fourth-order valence-corrected chi connectivity index (χ4v) is 8.89. The Hall–Kier alpha value is -5.60. The maximum atomic E-state index is 2.60. The van der Waals surface area contributed by atoms with Gasteiger partial charge in [-0.25, -0.2) is 0 Å². The molecule has 0 amide bonds. The average molecular weight is 617 g/mol. The van der Waals surface area contributed by atoms with E-state index < -0.39 is 0 Å². The van der Waals surface area contributed by atoms with E-state index in [0.29, 0.717) is 0 Å². The highest BCUT2D eigenvalue weighted by molar-refractivity contribution is 6.15. The Morgan fingerprint density at radius 1 is 0.438 bits per heavy atom. The predicted molar refractivity (Wildman–Crippen MR) is 203 cm³/mol. The Morgan fingerprint density at radius 3 is 1.81 bits per heavy atom. The van der Waals surface area contributed by atoms with Crippen LogP contribution in [0.4, 0.5) is 17.1 Å². The Kier molecular flexibility index (Phi) is 5.44. The number of para-hydroxylation sites is 3. The van der Waals surface area contributed by atoms with E-state index in [1.807, 2.05) is 0 Å². The lowest BCUT2D eigenvalue weighted by molar-refractivity contribution is 0.593. The van der Waals surface area contributed by atoms with Gasteiger partial charge in [-0.1, -0.05) is 137 Å². The molecule has 2 nitrogen and oxygen atoms in total. The van der Waals surface area contributed by atoms with E-state index in [1.54, 1.807) is 0 Å². The second kappa shape index (κ2) is 9.49. The molecule has 0 spiro atoms. The van der Waals surface area contributed by atoms with E-state index in [9.17, 15) is 0 Å². The van der Waals surface area contributed by atoms with Gasteiger partial charge in [0.05, 0.1) is 16.7 Å². The zero-order valence-corrected chi connectivity index (χ0v) is 27.8. The zero-order chi connectivity index (χ0) is 32.4. The minimum atomic E-state index is -0.182.